The number of aryl methyl sites for hydroxylation is 1. The topological polar surface area (TPSA) is 116 Å². The minimum atomic E-state index is -4.27. The van der Waals surface area contributed by atoms with Crippen molar-refractivity contribution in [3.8, 4) is 0 Å². The number of nitrogens with one attached hydrogen (secondary N) is 1. The van der Waals surface area contributed by atoms with Crippen LogP contribution in [-0.4, -0.2) is 61.6 Å². The second kappa shape index (κ2) is 14.3. The van der Waals surface area contributed by atoms with Gasteiger partial charge in [-0.2, -0.15) is 0 Å². The molecule has 2 aromatic carbocycles. The summed E-state index contributed by atoms with van der Waals surface area (Å²) >= 11 is 0. The molecule has 2 rings (SSSR count). The van der Waals surface area contributed by atoms with E-state index in [0.29, 0.717) is 37.0 Å². The monoisotopic (exact) mass is 483 g/mol. The SMILES string of the molecule is CCOCC(O)Cc1ccc(NC(=O)CC[S+](C)C)cc1.Cc1ccc(S(=O)(=O)[O-])cc1. The Morgan fingerprint density at radius 3 is 2.22 bits per heavy atom. The molecule has 0 bridgehead atoms. The highest BCUT2D eigenvalue weighted by Crippen LogP contribution is 2.12. The van der Waals surface area contributed by atoms with Crippen molar-refractivity contribution in [1.82, 2.24) is 0 Å². The Morgan fingerprint density at radius 1 is 1.12 bits per heavy atom. The van der Waals surface area contributed by atoms with Gasteiger partial charge in [0.25, 0.3) is 0 Å². The molecule has 0 aliphatic heterocycles. The van der Waals surface area contributed by atoms with E-state index in [9.17, 15) is 22.9 Å². The first-order chi connectivity index (χ1) is 15.0. The van der Waals surface area contributed by atoms with Crippen LogP contribution in [0.2, 0.25) is 0 Å². The van der Waals surface area contributed by atoms with Crippen molar-refractivity contribution in [1.29, 1.82) is 0 Å². The summed E-state index contributed by atoms with van der Waals surface area (Å²) in [6, 6.07) is 13.4. The van der Waals surface area contributed by atoms with Gasteiger partial charge < -0.3 is 19.7 Å². The summed E-state index contributed by atoms with van der Waals surface area (Å²) in [4.78, 5) is 11.6. The Morgan fingerprint density at radius 2 is 1.72 bits per heavy atom. The molecule has 0 aromatic heterocycles. The summed E-state index contributed by atoms with van der Waals surface area (Å²) in [5, 5.41) is 12.7. The van der Waals surface area contributed by atoms with E-state index in [-0.39, 0.29) is 10.8 Å². The van der Waals surface area contributed by atoms with Crippen molar-refractivity contribution in [2.24, 2.45) is 0 Å². The number of carbonyl (C=O) groups is 1. The van der Waals surface area contributed by atoms with Crippen LogP contribution in [0.5, 0.6) is 0 Å². The van der Waals surface area contributed by atoms with Crippen LogP contribution < -0.4 is 5.32 Å². The van der Waals surface area contributed by atoms with Crippen molar-refractivity contribution < 1.29 is 27.6 Å². The third kappa shape index (κ3) is 12.2. The predicted molar refractivity (Wildman–Crippen MR) is 129 cm³/mol. The van der Waals surface area contributed by atoms with Crippen LogP contribution >= 0.6 is 0 Å². The molecule has 1 amide bonds. The first kappa shape index (κ1) is 28.1. The number of anilines is 1. The number of hydrogen-bond donors (Lipinski definition) is 2. The van der Waals surface area contributed by atoms with E-state index in [0.717, 1.165) is 22.6 Å². The third-order valence-electron chi connectivity index (χ3n) is 4.27. The molecular weight excluding hydrogens is 450 g/mol. The molecule has 0 radical (unpaired) electrons. The number of carbonyl (C=O) groups excluding carboxylic acids is 1. The summed E-state index contributed by atoms with van der Waals surface area (Å²) in [5.41, 5.74) is 2.76. The average Bonchev–Trinajstić information content (AvgIpc) is 2.72. The van der Waals surface area contributed by atoms with Gasteiger partial charge in [-0.15, -0.1) is 0 Å². The van der Waals surface area contributed by atoms with E-state index in [2.05, 4.69) is 17.8 Å². The van der Waals surface area contributed by atoms with Crippen LogP contribution in [0.3, 0.4) is 0 Å². The number of amides is 1. The summed E-state index contributed by atoms with van der Waals surface area (Å²) < 4.78 is 36.3. The molecule has 1 unspecified atom stereocenters. The standard InChI is InChI=1S/C16H25NO3S.C7H8O3S/c1-4-20-12-15(18)11-13-5-7-14(8-6-13)17-16(19)9-10-21(2)3;1-6-2-4-7(5-3-6)11(8,9)10/h5-8,15,18H,4,9-12H2,1-3H3;2-5H,1H3,(H,8,9,10). The molecule has 0 saturated carbocycles. The van der Waals surface area contributed by atoms with Gasteiger partial charge in [-0.1, -0.05) is 29.8 Å². The Labute approximate surface area is 194 Å². The molecule has 9 heteroatoms. The van der Waals surface area contributed by atoms with E-state index in [4.69, 9.17) is 4.74 Å². The third-order valence-corrected chi connectivity index (χ3v) is 6.14. The van der Waals surface area contributed by atoms with Gasteiger partial charge in [0.05, 0.1) is 36.5 Å². The number of rotatable bonds is 10. The predicted octanol–water partition coefficient (Wildman–Crippen LogP) is 2.73. The molecule has 0 saturated heterocycles. The fourth-order valence-corrected chi connectivity index (χ4v) is 3.60. The first-order valence-electron chi connectivity index (χ1n) is 10.2. The molecule has 0 fully saturated rings. The average molecular weight is 484 g/mol. The molecule has 32 heavy (non-hydrogen) atoms. The Bertz CT molecular complexity index is 913. The molecular formula is C23H33NO6S2. The van der Waals surface area contributed by atoms with Crippen LogP contribution in [0.25, 0.3) is 0 Å². The minimum absolute atomic E-state index is 0.0559. The van der Waals surface area contributed by atoms with Gasteiger partial charge in [-0.3, -0.25) is 4.79 Å². The number of hydrogen-bond acceptors (Lipinski definition) is 6. The summed E-state index contributed by atoms with van der Waals surface area (Å²) in [6.07, 6.45) is 4.90. The minimum Gasteiger partial charge on any atom is -0.744 e. The number of aliphatic hydroxyl groups excluding tert-OH is 1. The summed E-state index contributed by atoms with van der Waals surface area (Å²) in [5.74, 6) is 0.980. The summed E-state index contributed by atoms with van der Waals surface area (Å²) in [7, 11) is -3.98. The second-order valence-electron chi connectivity index (χ2n) is 7.47. The molecule has 0 spiro atoms. The van der Waals surface area contributed by atoms with E-state index in [1.807, 2.05) is 38.1 Å². The quantitative estimate of drug-likeness (QED) is 0.397. The smallest absolute Gasteiger partial charge is 0.229 e. The van der Waals surface area contributed by atoms with E-state index in [1.165, 1.54) is 12.1 Å². The number of aliphatic hydroxyl groups is 1. The number of benzene rings is 2. The van der Waals surface area contributed by atoms with Gasteiger partial charge in [0.2, 0.25) is 5.91 Å². The Hall–Kier alpha value is -1.91. The normalized spacial score (nSPS) is 12.1. The molecule has 7 nitrogen and oxygen atoms in total. The largest absolute Gasteiger partial charge is 0.744 e. The van der Waals surface area contributed by atoms with Crippen LogP contribution in [0.15, 0.2) is 53.4 Å². The molecule has 0 aliphatic rings. The lowest BCUT2D eigenvalue weighted by atomic mass is 10.1. The van der Waals surface area contributed by atoms with Crippen molar-refractivity contribution in [3.63, 3.8) is 0 Å². The number of ether oxygens (including phenoxy) is 1. The highest BCUT2D eigenvalue weighted by molar-refractivity contribution is 7.95. The molecule has 1 atom stereocenters. The van der Waals surface area contributed by atoms with Crippen LogP contribution in [0, 0.1) is 6.92 Å². The first-order valence-corrected chi connectivity index (χ1v) is 13.8. The van der Waals surface area contributed by atoms with Gasteiger partial charge in [-0.25, -0.2) is 8.42 Å². The van der Waals surface area contributed by atoms with Gasteiger partial charge in [0.1, 0.15) is 15.9 Å². The van der Waals surface area contributed by atoms with Crippen LogP contribution in [0.1, 0.15) is 24.5 Å². The van der Waals surface area contributed by atoms with E-state index < -0.39 is 16.2 Å². The van der Waals surface area contributed by atoms with Gasteiger partial charge >= 0.3 is 0 Å². The van der Waals surface area contributed by atoms with Gasteiger partial charge in [-0.05, 0) is 54.6 Å². The fourth-order valence-electron chi connectivity index (χ4n) is 2.53. The highest BCUT2D eigenvalue weighted by Gasteiger charge is 2.09. The van der Waals surface area contributed by atoms with Gasteiger partial charge in [0, 0.05) is 18.7 Å². The lowest BCUT2D eigenvalue weighted by molar-refractivity contribution is -0.115. The highest BCUT2D eigenvalue weighted by atomic mass is 32.2. The van der Waals surface area contributed by atoms with Crippen molar-refractivity contribution >= 4 is 32.6 Å². The second-order valence-corrected chi connectivity index (χ2v) is 11.2. The lowest BCUT2D eigenvalue weighted by Crippen LogP contribution is -2.18. The molecule has 0 heterocycles. The zero-order chi connectivity index (χ0) is 24.1. The van der Waals surface area contributed by atoms with Crippen LogP contribution in [0.4, 0.5) is 5.69 Å². The van der Waals surface area contributed by atoms with Crippen LogP contribution in [-0.2, 0) is 37.0 Å². The van der Waals surface area contributed by atoms with E-state index in [1.54, 1.807) is 12.1 Å². The summed E-state index contributed by atoms with van der Waals surface area (Å²) in [6.45, 7) is 4.69. The molecule has 2 aromatic rings. The maximum absolute atomic E-state index is 11.7. The van der Waals surface area contributed by atoms with Crippen molar-refractivity contribution in [2.75, 3.05) is 36.8 Å². The Balaban J connectivity index is 0.000000389. The van der Waals surface area contributed by atoms with E-state index >= 15 is 0 Å². The Kier molecular flexibility index (Phi) is 12.6. The lowest BCUT2D eigenvalue weighted by Gasteiger charge is -2.11. The fraction of sp³-hybridized carbons (Fsp3) is 0.435. The van der Waals surface area contributed by atoms with Crippen molar-refractivity contribution in [3.05, 3.63) is 59.7 Å². The van der Waals surface area contributed by atoms with Crippen molar-refractivity contribution in [2.45, 2.75) is 37.7 Å². The zero-order valence-electron chi connectivity index (χ0n) is 19.0. The molecule has 0 aliphatic carbocycles. The maximum atomic E-state index is 11.7. The molecule has 2 N–H and O–H groups in total. The van der Waals surface area contributed by atoms with Gasteiger partial charge in [0.15, 0.2) is 0 Å². The maximum Gasteiger partial charge on any atom is 0.229 e. The zero-order valence-corrected chi connectivity index (χ0v) is 20.7. The molecule has 178 valence electrons.